The molecule has 0 spiro atoms. The van der Waals surface area contributed by atoms with E-state index in [2.05, 4.69) is 31.9 Å². The van der Waals surface area contributed by atoms with Crippen LogP contribution in [0.2, 0.25) is 0 Å². The molecule has 10 amide bonds. The molecule has 4 aromatic carbocycles. The summed E-state index contributed by atoms with van der Waals surface area (Å²) in [5.41, 5.74) is 15.2. The normalized spacial score (nSPS) is 15.7. The van der Waals surface area contributed by atoms with E-state index in [1.165, 1.54) is 31.4 Å². The van der Waals surface area contributed by atoms with Crippen LogP contribution >= 0.6 is 21.6 Å². The van der Waals surface area contributed by atoms with Crippen LogP contribution in [0.15, 0.2) is 121 Å². The third kappa shape index (κ3) is 20.3. The van der Waals surface area contributed by atoms with Crippen molar-refractivity contribution in [3.63, 3.8) is 0 Å². The van der Waals surface area contributed by atoms with E-state index in [4.69, 9.17) is 21.4 Å². The van der Waals surface area contributed by atoms with Gasteiger partial charge in [0.05, 0.1) is 33.5 Å². The fourth-order valence-corrected chi connectivity index (χ4v) is 14.1. The van der Waals surface area contributed by atoms with Gasteiger partial charge in [0.1, 0.15) is 36.3 Å². The maximum absolute atomic E-state index is 15.3. The molecule has 6 aromatic rings. The Labute approximate surface area is 556 Å². The number of primary amides is 2. The highest BCUT2D eigenvalue weighted by molar-refractivity contribution is 8.76. The van der Waals surface area contributed by atoms with E-state index in [-0.39, 0.29) is 74.2 Å². The quantitative estimate of drug-likeness (QED) is 0.0169. The van der Waals surface area contributed by atoms with Crippen LogP contribution in [0.3, 0.4) is 0 Å². The zero-order chi connectivity index (χ0) is 66.9. The number of nitrogens with zero attached hydrogens (tertiary/aromatic N) is 4. The highest BCUT2D eigenvalue weighted by atomic mass is 33.1. The molecule has 10 N–H and O–H groups in total. The fraction of sp³-hybridized carbons (Fsp3) is 0.429. The smallest absolute Gasteiger partial charge is 0.253 e. The van der Waals surface area contributed by atoms with Crippen molar-refractivity contribution in [2.75, 3.05) is 37.7 Å². The number of para-hydroxylation sites is 2. The molecule has 2 aliphatic rings. The number of hydrogen-bond donors (Lipinski definition) is 8. The predicted molar refractivity (Wildman–Crippen MR) is 365 cm³/mol. The Morgan fingerprint density at radius 3 is 1.26 bits per heavy atom. The summed E-state index contributed by atoms with van der Waals surface area (Å²) < 4.78 is 0. The molecule has 2 aliphatic heterocycles. The number of aryl methyl sites for hydroxylation is 2. The maximum atomic E-state index is 15.3. The van der Waals surface area contributed by atoms with Gasteiger partial charge in [-0.3, -0.25) is 57.9 Å². The fourth-order valence-electron chi connectivity index (χ4n) is 11.8. The van der Waals surface area contributed by atoms with E-state index in [9.17, 15) is 38.4 Å². The lowest BCUT2D eigenvalue weighted by Gasteiger charge is -2.30. The number of hydrogen-bond acceptors (Lipinski definition) is 14. The van der Waals surface area contributed by atoms with Gasteiger partial charge in [-0.05, 0) is 99.6 Å². The van der Waals surface area contributed by atoms with Gasteiger partial charge in [0.2, 0.25) is 47.3 Å². The summed E-state index contributed by atoms with van der Waals surface area (Å²) in [5, 5.41) is 19.2. The Bertz CT molecular complexity index is 3410. The van der Waals surface area contributed by atoms with Gasteiger partial charge in [-0.2, -0.15) is 0 Å². The molecule has 8 rings (SSSR count). The molecule has 0 bridgehead atoms. The third-order valence-corrected chi connectivity index (χ3v) is 19.3. The molecule has 24 heteroatoms. The van der Waals surface area contributed by atoms with Crippen LogP contribution < -0.4 is 43.4 Å². The van der Waals surface area contributed by atoms with Crippen LogP contribution in [0.25, 0.3) is 21.8 Å². The van der Waals surface area contributed by atoms with Crippen molar-refractivity contribution in [3.05, 3.63) is 155 Å². The monoisotopic (exact) mass is 1320 g/mol. The van der Waals surface area contributed by atoms with E-state index in [0.717, 1.165) is 11.1 Å². The zero-order valence-electron chi connectivity index (χ0n) is 53.4. The lowest BCUT2D eigenvalue weighted by atomic mass is 10.0. The number of likely N-dealkylation sites (tertiary alicyclic amines) is 2. The number of unbranched alkanes of at least 4 members (excludes halogenated alkanes) is 4. The van der Waals surface area contributed by atoms with E-state index < -0.39 is 95.3 Å². The topological polar surface area (TPSA) is 327 Å². The van der Waals surface area contributed by atoms with Gasteiger partial charge in [0.25, 0.3) is 11.8 Å². The van der Waals surface area contributed by atoms with E-state index in [0.29, 0.717) is 110 Å². The van der Waals surface area contributed by atoms with Gasteiger partial charge < -0.3 is 53.2 Å². The number of amides is 10. The average Bonchev–Trinajstić information content (AvgIpc) is 1.94. The number of benzene rings is 4. The minimum atomic E-state index is -1.25. The summed E-state index contributed by atoms with van der Waals surface area (Å²) in [6.45, 7) is 4.71. The van der Waals surface area contributed by atoms with Gasteiger partial charge in [-0.25, -0.2) is 0 Å². The summed E-state index contributed by atoms with van der Waals surface area (Å²) in [4.78, 5) is 152. The van der Waals surface area contributed by atoms with Gasteiger partial charge in [-0.1, -0.05) is 145 Å². The van der Waals surface area contributed by atoms with Crippen molar-refractivity contribution >= 4 is 102 Å². The SMILES string of the molecule is CCc1nc2ccccc2cc1C(=O)N[C@@H](CSSC[C@H](NC(=O)c1cc2ccccc2nc1CC)C(=O)N1CCC[C@H]1C(=O)N[C@@H](Cc1ccccc1)C(=O)NCCCCCC(N)=O)C(=O)N1CCC[C@H]1C(=O)N[C@@H](Cc1ccccc1)C(=O)NCCCCCC(N)=O. The minimum absolute atomic E-state index is 0.0720. The second kappa shape index (κ2) is 36.0. The summed E-state index contributed by atoms with van der Waals surface area (Å²) >= 11 is 0. The Morgan fingerprint density at radius 2 is 0.872 bits per heavy atom. The molecule has 0 unspecified atom stereocenters. The van der Waals surface area contributed by atoms with Crippen LogP contribution in [0.4, 0.5) is 0 Å². The molecule has 94 heavy (non-hydrogen) atoms. The second-order valence-electron chi connectivity index (χ2n) is 23.7. The predicted octanol–water partition coefficient (Wildman–Crippen LogP) is 5.95. The van der Waals surface area contributed by atoms with Gasteiger partial charge >= 0.3 is 0 Å². The molecular formula is C70H86N12O10S2. The molecule has 0 radical (unpaired) electrons. The van der Waals surface area contributed by atoms with E-state index in [1.54, 1.807) is 12.1 Å². The molecule has 2 fully saturated rings. The summed E-state index contributed by atoms with van der Waals surface area (Å²) in [6.07, 6.45) is 6.73. The highest BCUT2D eigenvalue weighted by Crippen LogP contribution is 2.29. The van der Waals surface area contributed by atoms with Gasteiger partial charge in [0.15, 0.2) is 0 Å². The average molecular weight is 1320 g/mol. The number of nitrogens with one attached hydrogen (secondary N) is 6. The first-order valence-corrected chi connectivity index (χ1v) is 35.1. The highest BCUT2D eigenvalue weighted by Gasteiger charge is 2.42. The maximum Gasteiger partial charge on any atom is 0.253 e. The number of carbonyl (C=O) groups is 10. The lowest BCUT2D eigenvalue weighted by Crippen LogP contribution is -2.57. The van der Waals surface area contributed by atoms with Crippen LogP contribution in [-0.4, -0.2) is 153 Å². The molecule has 0 saturated carbocycles. The van der Waals surface area contributed by atoms with E-state index in [1.807, 2.05) is 123 Å². The molecule has 498 valence electrons. The van der Waals surface area contributed by atoms with Crippen molar-refractivity contribution in [2.24, 2.45) is 11.5 Å². The summed E-state index contributed by atoms with van der Waals surface area (Å²) in [6, 6.07) is 30.2. The number of rotatable bonds is 35. The Morgan fingerprint density at radius 1 is 0.489 bits per heavy atom. The van der Waals surface area contributed by atoms with Crippen molar-refractivity contribution in [2.45, 2.75) is 153 Å². The second-order valence-corrected chi connectivity index (χ2v) is 26.2. The number of nitrogens with two attached hydrogens (primary N) is 2. The standard InChI is InChI=1S/C70H86N12O10S2/c1-3-51-49(41-47-27-15-17-29-53(47)75-51)63(85)79-57(69(91)81-37-21-31-59(81)67(89)77-55(39-45-23-9-5-10-24-45)65(87)73-35-19-7-13-33-61(71)83)43-93-94-44-58(80-64(86)50-42-48-28-16-18-30-54(48)76-52(50)4-2)70(92)82-38-22-32-60(82)68(90)78-56(40-46-25-11-6-12-26-46)66(88)74-36-20-8-14-34-62(72)84/h5-6,9-12,15-18,23-30,41-42,55-60H,3-4,7-8,13-14,19-22,31-40,43-44H2,1-2H3,(H2,71,83)(H2,72,84)(H,73,87)(H,74,88)(H,77,89)(H,78,90)(H,79,85)(H,80,86)/t55-,56-,57-,58-,59-,60-/m0/s1. The van der Waals surface area contributed by atoms with Gasteiger partial charge in [0, 0.05) is 74.1 Å². The minimum Gasteiger partial charge on any atom is -0.370 e. The molecule has 0 aliphatic carbocycles. The van der Waals surface area contributed by atoms with Crippen molar-refractivity contribution in [3.8, 4) is 0 Å². The first-order chi connectivity index (χ1) is 45.5. The van der Waals surface area contributed by atoms with E-state index >= 15 is 9.59 Å². The van der Waals surface area contributed by atoms with Crippen molar-refractivity contribution < 1.29 is 47.9 Å². The van der Waals surface area contributed by atoms with Crippen molar-refractivity contribution in [1.29, 1.82) is 0 Å². The number of aromatic nitrogens is 2. The molecule has 2 saturated heterocycles. The van der Waals surface area contributed by atoms with Crippen LogP contribution in [0, 0.1) is 0 Å². The largest absolute Gasteiger partial charge is 0.370 e. The summed E-state index contributed by atoms with van der Waals surface area (Å²) in [7, 11) is 2.35. The number of fused-ring (bicyclic) bond motifs is 2. The first-order valence-electron chi connectivity index (χ1n) is 32.6. The molecular weight excluding hydrogens is 1230 g/mol. The van der Waals surface area contributed by atoms with Crippen LogP contribution in [0.1, 0.15) is 134 Å². The molecule has 22 nitrogen and oxygen atoms in total. The van der Waals surface area contributed by atoms with Gasteiger partial charge in [-0.15, -0.1) is 0 Å². The first kappa shape index (κ1) is 71.0. The Balaban J connectivity index is 1.03. The number of carbonyl (C=O) groups excluding carboxylic acids is 10. The van der Waals surface area contributed by atoms with Crippen molar-refractivity contribution in [1.82, 2.24) is 51.7 Å². The van der Waals surface area contributed by atoms with Crippen LogP contribution in [-0.2, 0) is 64.0 Å². The molecule has 4 heterocycles. The Hall–Kier alpha value is -8.90. The number of pyridine rings is 2. The summed E-state index contributed by atoms with van der Waals surface area (Å²) in [5.74, 6) is -5.07. The molecule has 6 atom stereocenters. The Kier molecular flexibility index (Phi) is 27.1. The third-order valence-electron chi connectivity index (χ3n) is 16.8. The van der Waals surface area contributed by atoms with Crippen LogP contribution in [0.5, 0.6) is 0 Å². The molecule has 2 aromatic heterocycles. The zero-order valence-corrected chi connectivity index (χ0v) is 55.0. The lowest BCUT2D eigenvalue weighted by molar-refractivity contribution is -0.140.